The van der Waals surface area contributed by atoms with E-state index in [9.17, 15) is 18.7 Å². The van der Waals surface area contributed by atoms with Crippen LogP contribution in [0.4, 0.5) is 8.78 Å². The molecule has 0 saturated heterocycles. The average molecular weight is 408 g/mol. The first kappa shape index (κ1) is 21.3. The zero-order chi connectivity index (χ0) is 21.3. The summed E-state index contributed by atoms with van der Waals surface area (Å²) in [6.45, 7) is 3.56. The third-order valence-corrected chi connectivity index (χ3v) is 5.41. The summed E-state index contributed by atoms with van der Waals surface area (Å²) in [4.78, 5) is 18.5. The van der Waals surface area contributed by atoms with Gasteiger partial charge < -0.3 is 20.3 Å². The number of aryl methyl sites for hydroxylation is 1. The second-order valence-corrected chi connectivity index (χ2v) is 7.78. The summed E-state index contributed by atoms with van der Waals surface area (Å²) >= 11 is 0. The van der Waals surface area contributed by atoms with Gasteiger partial charge in [0.05, 0.1) is 6.04 Å². The zero-order valence-electron chi connectivity index (χ0n) is 16.8. The molecule has 0 unspecified atom stereocenters. The monoisotopic (exact) mass is 408 g/mol. The van der Waals surface area contributed by atoms with Crippen LogP contribution in [0.15, 0.2) is 16.7 Å². The maximum atomic E-state index is 13.5. The fraction of sp³-hybridized carbons (Fsp3) is 0.550. The Hall–Kier alpha value is -2.39. The second-order valence-electron chi connectivity index (χ2n) is 7.78. The molecule has 9 heteroatoms. The first-order valence-corrected chi connectivity index (χ1v) is 9.67. The number of hydrogen-bond donors (Lipinski definition) is 2. The van der Waals surface area contributed by atoms with Gasteiger partial charge in [0.25, 0.3) is 5.89 Å². The molecule has 0 radical (unpaired) electrons. The fourth-order valence-electron chi connectivity index (χ4n) is 3.33. The Balaban J connectivity index is 1.64. The van der Waals surface area contributed by atoms with Crippen LogP contribution in [-0.2, 0) is 16.8 Å². The maximum Gasteiger partial charge on any atom is 0.258 e. The molecule has 7 nitrogen and oxygen atoms in total. The van der Waals surface area contributed by atoms with Crippen molar-refractivity contribution in [3.8, 4) is 0 Å². The van der Waals surface area contributed by atoms with Crippen LogP contribution in [0.25, 0.3) is 0 Å². The standard InChI is InChI=1S/C20H26F2N4O3/c1-4-16(18-24-19(29-25-18)20(28)5-6-20)26(3)17(27)10-13(23)8-12-9-15(22)14(21)7-11(12)2/h7,9,13,16,28H,4-6,8,10,23H2,1-3H3/t13-,16+/m1/s1. The highest BCUT2D eigenvalue weighted by atomic mass is 19.2. The molecule has 1 saturated carbocycles. The van der Waals surface area contributed by atoms with Gasteiger partial charge in [0.2, 0.25) is 5.91 Å². The Morgan fingerprint density at radius 1 is 1.38 bits per heavy atom. The van der Waals surface area contributed by atoms with E-state index in [4.69, 9.17) is 10.3 Å². The van der Waals surface area contributed by atoms with Gasteiger partial charge in [0.1, 0.15) is 5.60 Å². The Kier molecular flexibility index (Phi) is 6.00. The number of carbonyl (C=O) groups is 1. The molecule has 1 aliphatic carbocycles. The van der Waals surface area contributed by atoms with Gasteiger partial charge in [-0.1, -0.05) is 12.1 Å². The highest BCUT2D eigenvalue weighted by molar-refractivity contribution is 5.77. The summed E-state index contributed by atoms with van der Waals surface area (Å²) in [6, 6.07) is 1.27. The molecule has 2 aromatic rings. The van der Waals surface area contributed by atoms with E-state index in [1.54, 1.807) is 14.0 Å². The van der Waals surface area contributed by atoms with Gasteiger partial charge in [-0.2, -0.15) is 4.98 Å². The molecule has 0 aliphatic heterocycles. The Bertz CT molecular complexity index is 898. The molecule has 1 amide bonds. The molecule has 158 valence electrons. The summed E-state index contributed by atoms with van der Waals surface area (Å²) in [6.07, 6.45) is 1.99. The van der Waals surface area contributed by atoms with Crippen molar-refractivity contribution >= 4 is 5.91 Å². The van der Waals surface area contributed by atoms with Crippen molar-refractivity contribution in [2.75, 3.05) is 7.05 Å². The van der Waals surface area contributed by atoms with Gasteiger partial charge in [-0.15, -0.1) is 0 Å². The van der Waals surface area contributed by atoms with E-state index in [0.29, 0.717) is 36.2 Å². The molecule has 3 rings (SSSR count). The lowest BCUT2D eigenvalue weighted by Gasteiger charge is -2.26. The Morgan fingerprint density at radius 2 is 2.03 bits per heavy atom. The second kappa shape index (κ2) is 8.16. The van der Waals surface area contributed by atoms with E-state index in [-0.39, 0.29) is 24.6 Å². The van der Waals surface area contributed by atoms with Gasteiger partial charge in [-0.3, -0.25) is 4.79 Å². The van der Waals surface area contributed by atoms with Gasteiger partial charge in [-0.05, 0) is 55.9 Å². The minimum Gasteiger partial charge on any atom is -0.380 e. The predicted molar refractivity (Wildman–Crippen MR) is 101 cm³/mol. The SMILES string of the molecule is CC[C@@H](c1noc(C2(O)CC2)n1)N(C)C(=O)C[C@H](N)Cc1cc(F)c(F)cc1C. The highest BCUT2D eigenvalue weighted by Gasteiger charge is 2.48. The highest BCUT2D eigenvalue weighted by Crippen LogP contribution is 2.44. The largest absolute Gasteiger partial charge is 0.380 e. The van der Waals surface area contributed by atoms with Gasteiger partial charge >= 0.3 is 0 Å². The van der Waals surface area contributed by atoms with Crippen LogP contribution in [0.1, 0.15) is 61.5 Å². The molecular formula is C20H26F2N4O3. The molecule has 3 N–H and O–H groups in total. The Labute approximate surface area is 167 Å². The first-order valence-electron chi connectivity index (χ1n) is 9.67. The molecule has 29 heavy (non-hydrogen) atoms. The molecule has 0 bridgehead atoms. The van der Waals surface area contributed by atoms with Crippen LogP contribution < -0.4 is 5.73 Å². The lowest BCUT2D eigenvalue weighted by molar-refractivity contribution is -0.132. The molecular weight excluding hydrogens is 382 g/mol. The zero-order valence-corrected chi connectivity index (χ0v) is 16.8. The van der Waals surface area contributed by atoms with Crippen LogP contribution >= 0.6 is 0 Å². The number of aromatic nitrogens is 2. The summed E-state index contributed by atoms with van der Waals surface area (Å²) in [5, 5.41) is 14.0. The van der Waals surface area contributed by atoms with Gasteiger partial charge in [0, 0.05) is 19.5 Å². The van der Waals surface area contributed by atoms with Crippen molar-refractivity contribution in [2.45, 2.75) is 63.6 Å². The van der Waals surface area contributed by atoms with Crippen LogP contribution in [0.3, 0.4) is 0 Å². The van der Waals surface area contributed by atoms with Crippen LogP contribution in [0, 0.1) is 18.6 Å². The number of benzene rings is 1. The lowest BCUT2D eigenvalue weighted by Crippen LogP contribution is -2.37. The molecule has 2 atom stereocenters. The van der Waals surface area contributed by atoms with E-state index < -0.39 is 29.3 Å². The number of hydrogen-bond acceptors (Lipinski definition) is 6. The number of halogens is 2. The number of nitrogens with zero attached hydrogens (tertiary/aromatic N) is 3. The normalized spacial score (nSPS) is 17.1. The van der Waals surface area contributed by atoms with E-state index in [2.05, 4.69) is 10.1 Å². The predicted octanol–water partition coefficient (Wildman–Crippen LogP) is 2.51. The van der Waals surface area contributed by atoms with E-state index in [1.807, 2.05) is 6.92 Å². The molecule has 1 aromatic heterocycles. The van der Waals surface area contributed by atoms with Crippen LogP contribution in [-0.4, -0.2) is 39.1 Å². The minimum absolute atomic E-state index is 0.0279. The number of carbonyl (C=O) groups excluding carboxylic acids is 1. The first-order chi connectivity index (χ1) is 13.6. The number of amides is 1. The average Bonchev–Trinajstić information content (AvgIpc) is 3.21. The van der Waals surface area contributed by atoms with Crippen molar-refractivity contribution in [2.24, 2.45) is 5.73 Å². The maximum absolute atomic E-state index is 13.5. The quantitative estimate of drug-likeness (QED) is 0.695. The van der Waals surface area contributed by atoms with Crippen molar-refractivity contribution in [1.29, 1.82) is 0 Å². The lowest BCUT2D eigenvalue weighted by atomic mass is 9.98. The summed E-state index contributed by atoms with van der Waals surface area (Å²) < 4.78 is 31.9. The van der Waals surface area contributed by atoms with Crippen molar-refractivity contribution in [3.63, 3.8) is 0 Å². The van der Waals surface area contributed by atoms with Crippen LogP contribution in [0.5, 0.6) is 0 Å². The Morgan fingerprint density at radius 3 is 2.66 bits per heavy atom. The number of nitrogens with two attached hydrogens (primary N) is 1. The summed E-state index contributed by atoms with van der Waals surface area (Å²) in [5.74, 6) is -1.55. The summed E-state index contributed by atoms with van der Waals surface area (Å²) in [5.41, 5.74) is 6.23. The molecule has 1 aromatic carbocycles. The van der Waals surface area contributed by atoms with Gasteiger partial charge in [0.15, 0.2) is 17.5 Å². The molecule has 1 heterocycles. The van der Waals surface area contributed by atoms with E-state index in [0.717, 1.165) is 12.1 Å². The van der Waals surface area contributed by atoms with Crippen molar-refractivity contribution in [1.82, 2.24) is 15.0 Å². The molecule has 0 spiro atoms. The van der Waals surface area contributed by atoms with Crippen molar-refractivity contribution in [3.05, 3.63) is 46.6 Å². The third kappa shape index (κ3) is 4.62. The van der Waals surface area contributed by atoms with Crippen LogP contribution in [0.2, 0.25) is 0 Å². The van der Waals surface area contributed by atoms with Crippen molar-refractivity contribution < 1.29 is 23.2 Å². The number of rotatable bonds is 8. The van der Waals surface area contributed by atoms with Gasteiger partial charge in [-0.25, -0.2) is 8.78 Å². The smallest absolute Gasteiger partial charge is 0.258 e. The van der Waals surface area contributed by atoms with E-state index in [1.165, 1.54) is 4.90 Å². The molecule has 1 aliphatic rings. The van der Waals surface area contributed by atoms with E-state index >= 15 is 0 Å². The topological polar surface area (TPSA) is 105 Å². The fourth-order valence-corrected chi connectivity index (χ4v) is 3.33. The molecule has 1 fully saturated rings. The minimum atomic E-state index is -1.03. The summed E-state index contributed by atoms with van der Waals surface area (Å²) in [7, 11) is 1.63. The number of aliphatic hydroxyl groups is 1. The third-order valence-electron chi connectivity index (χ3n) is 5.41.